The van der Waals surface area contributed by atoms with Gasteiger partial charge in [0.1, 0.15) is 5.82 Å². The van der Waals surface area contributed by atoms with E-state index >= 15 is 0 Å². The van der Waals surface area contributed by atoms with Crippen molar-refractivity contribution >= 4 is 5.69 Å². The van der Waals surface area contributed by atoms with Crippen LogP contribution >= 0.6 is 0 Å². The molecule has 0 aliphatic carbocycles. The van der Waals surface area contributed by atoms with Crippen molar-refractivity contribution in [1.82, 2.24) is 9.55 Å². The minimum Gasteiger partial charge on any atom is -0.383 e. The Morgan fingerprint density at radius 2 is 1.88 bits per heavy atom. The Hall–Kier alpha value is -1.77. The molecule has 2 rings (SSSR count). The molecule has 0 aliphatic rings. The van der Waals surface area contributed by atoms with Crippen molar-refractivity contribution in [1.29, 1.82) is 0 Å². The molecule has 0 amide bonds. The SMILES string of the molecule is CC(C)Nc1ccc(-c2nccn2C)cc1. The molecule has 2 aromatic rings. The van der Waals surface area contributed by atoms with E-state index < -0.39 is 0 Å². The van der Waals surface area contributed by atoms with Crippen LogP contribution in [-0.2, 0) is 7.05 Å². The molecule has 1 N–H and O–H groups in total. The number of hydrogen-bond acceptors (Lipinski definition) is 2. The van der Waals surface area contributed by atoms with E-state index in [1.807, 2.05) is 24.0 Å². The first kappa shape index (κ1) is 10.7. The molecule has 3 nitrogen and oxygen atoms in total. The summed E-state index contributed by atoms with van der Waals surface area (Å²) in [6.45, 7) is 4.26. The number of nitrogens with one attached hydrogen (secondary N) is 1. The van der Waals surface area contributed by atoms with Crippen molar-refractivity contribution < 1.29 is 0 Å². The molecule has 0 radical (unpaired) electrons. The maximum Gasteiger partial charge on any atom is 0.139 e. The second-order valence-corrected chi connectivity index (χ2v) is 4.24. The lowest BCUT2D eigenvalue weighted by atomic mass is 10.2. The molecular formula is C13H17N3. The zero-order valence-corrected chi connectivity index (χ0v) is 9.94. The fraction of sp³-hybridized carbons (Fsp3) is 0.308. The Balaban J connectivity index is 2.23. The van der Waals surface area contributed by atoms with Crippen LogP contribution in [0, 0.1) is 0 Å². The van der Waals surface area contributed by atoms with Crippen molar-refractivity contribution in [3.05, 3.63) is 36.7 Å². The number of imidazole rings is 1. The predicted molar refractivity (Wildman–Crippen MR) is 67.4 cm³/mol. The Morgan fingerprint density at radius 1 is 1.19 bits per heavy atom. The zero-order valence-electron chi connectivity index (χ0n) is 9.94. The van der Waals surface area contributed by atoms with Crippen molar-refractivity contribution in [2.75, 3.05) is 5.32 Å². The van der Waals surface area contributed by atoms with Crippen molar-refractivity contribution in [3.8, 4) is 11.4 Å². The molecule has 0 saturated carbocycles. The second kappa shape index (κ2) is 4.39. The highest BCUT2D eigenvalue weighted by molar-refractivity contribution is 5.60. The molecule has 0 spiro atoms. The van der Waals surface area contributed by atoms with Gasteiger partial charge in [-0.2, -0.15) is 0 Å². The zero-order chi connectivity index (χ0) is 11.5. The summed E-state index contributed by atoms with van der Waals surface area (Å²) in [7, 11) is 2.00. The van der Waals surface area contributed by atoms with Gasteiger partial charge in [-0.25, -0.2) is 4.98 Å². The van der Waals surface area contributed by atoms with Gasteiger partial charge in [-0.15, -0.1) is 0 Å². The van der Waals surface area contributed by atoms with Gasteiger partial charge in [-0.05, 0) is 38.1 Å². The lowest BCUT2D eigenvalue weighted by Crippen LogP contribution is -2.09. The molecule has 0 saturated heterocycles. The first-order valence-electron chi connectivity index (χ1n) is 5.51. The van der Waals surface area contributed by atoms with Crippen LogP contribution in [-0.4, -0.2) is 15.6 Å². The molecule has 1 heterocycles. The van der Waals surface area contributed by atoms with Gasteiger partial charge in [0.05, 0.1) is 0 Å². The van der Waals surface area contributed by atoms with Crippen LogP contribution in [0.4, 0.5) is 5.69 Å². The number of rotatable bonds is 3. The summed E-state index contributed by atoms with van der Waals surface area (Å²) in [5.41, 5.74) is 2.29. The van der Waals surface area contributed by atoms with Gasteiger partial charge in [-0.3, -0.25) is 0 Å². The van der Waals surface area contributed by atoms with Crippen molar-refractivity contribution in [2.24, 2.45) is 7.05 Å². The largest absolute Gasteiger partial charge is 0.383 e. The molecule has 3 heteroatoms. The Labute approximate surface area is 96.1 Å². The van der Waals surface area contributed by atoms with Crippen LogP contribution in [0.1, 0.15) is 13.8 Å². The molecule has 0 atom stereocenters. The average molecular weight is 215 g/mol. The monoisotopic (exact) mass is 215 g/mol. The van der Waals surface area contributed by atoms with Crippen LogP contribution in [0.2, 0.25) is 0 Å². The lowest BCUT2D eigenvalue weighted by molar-refractivity contribution is 0.899. The second-order valence-electron chi connectivity index (χ2n) is 4.24. The molecule has 0 unspecified atom stereocenters. The van der Waals surface area contributed by atoms with Crippen molar-refractivity contribution in [3.63, 3.8) is 0 Å². The van der Waals surface area contributed by atoms with Gasteiger partial charge in [-0.1, -0.05) is 0 Å². The first-order valence-corrected chi connectivity index (χ1v) is 5.51. The van der Waals surface area contributed by atoms with E-state index in [0.717, 1.165) is 17.1 Å². The van der Waals surface area contributed by atoms with Crippen LogP contribution < -0.4 is 5.32 Å². The Bertz CT molecular complexity index is 454. The molecule has 0 aliphatic heterocycles. The van der Waals surface area contributed by atoms with Gasteiger partial charge in [0.25, 0.3) is 0 Å². The van der Waals surface area contributed by atoms with Crippen LogP contribution in [0.5, 0.6) is 0 Å². The highest BCUT2D eigenvalue weighted by Gasteiger charge is 2.02. The highest BCUT2D eigenvalue weighted by Crippen LogP contribution is 2.19. The summed E-state index contributed by atoms with van der Waals surface area (Å²) in [5.74, 6) is 0.996. The first-order chi connectivity index (χ1) is 7.66. The highest BCUT2D eigenvalue weighted by atomic mass is 15.0. The average Bonchev–Trinajstić information content (AvgIpc) is 2.65. The third kappa shape index (κ3) is 2.24. The topological polar surface area (TPSA) is 29.9 Å². The fourth-order valence-corrected chi connectivity index (χ4v) is 1.69. The molecule has 0 bridgehead atoms. The third-order valence-corrected chi connectivity index (χ3v) is 2.42. The summed E-state index contributed by atoms with van der Waals surface area (Å²) in [5, 5.41) is 3.36. The number of anilines is 1. The van der Waals surface area contributed by atoms with E-state index in [0.29, 0.717) is 6.04 Å². The summed E-state index contributed by atoms with van der Waals surface area (Å²) in [6, 6.07) is 8.81. The number of benzene rings is 1. The molecule has 1 aromatic carbocycles. The maximum atomic E-state index is 4.32. The normalized spacial score (nSPS) is 10.8. The van der Waals surface area contributed by atoms with E-state index in [9.17, 15) is 0 Å². The smallest absolute Gasteiger partial charge is 0.139 e. The van der Waals surface area contributed by atoms with Gasteiger partial charge in [0.2, 0.25) is 0 Å². The molecule has 16 heavy (non-hydrogen) atoms. The Morgan fingerprint density at radius 3 is 2.38 bits per heavy atom. The quantitative estimate of drug-likeness (QED) is 0.853. The van der Waals surface area contributed by atoms with Crippen molar-refractivity contribution in [2.45, 2.75) is 19.9 Å². The van der Waals surface area contributed by atoms with Crippen LogP contribution in [0.15, 0.2) is 36.7 Å². The van der Waals surface area contributed by atoms with Gasteiger partial charge in [0, 0.05) is 36.7 Å². The van der Waals surface area contributed by atoms with E-state index in [-0.39, 0.29) is 0 Å². The number of hydrogen-bond donors (Lipinski definition) is 1. The summed E-state index contributed by atoms with van der Waals surface area (Å²) in [6.07, 6.45) is 3.77. The van der Waals surface area contributed by atoms with E-state index in [2.05, 4.69) is 48.4 Å². The number of aryl methyl sites for hydroxylation is 1. The molecular weight excluding hydrogens is 198 g/mol. The predicted octanol–water partition coefficient (Wildman–Crippen LogP) is 2.91. The Kier molecular flexibility index (Phi) is 2.95. The van der Waals surface area contributed by atoms with E-state index in [1.54, 1.807) is 0 Å². The standard InChI is InChI=1S/C13H17N3/c1-10(2)15-12-6-4-11(5-7-12)13-14-8-9-16(13)3/h4-10,15H,1-3H3. The van der Waals surface area contributed by atoms with E-state index in [1.165, 1.54) is 0 Å². The molecule has 0 fully saturated rings. The fourth-order valence-electron chi connectivity index (χ4n) is 1.69. The summed E-state index contributed by atoms with van der Waals surface area (Å²) >= 11 is 0. The van der Waals surface area contributed by atoms with Gasteiger partial charge >= 0.3 is 0 Å². The van der Waals surface area contributed by atoms with Gasteiger partial charge in [0.15, 0.2) is 0 Å². The molecule has 84 valence electrons. The number of aromatic nitrogens is 2. The minimum atomic E-state index is 0.457. The minimum absolute atomic E-state index is 0.457. The number of nitrogens with zero attached hydrogens (tertiary/aromatic N) is 2. The summed E-state index contributed by atoms with van der Waals surface area (Å²) in [4.78, 5) is 4.32. The third-order valence-electron chi connectivity index (χ3n) is 2.42. The van der Waals surface area contributed by atoms with E-state index in [4.69, 9.17) is 0 Å². The van der Waals surface area contributed by atoms with Crippen LogP contribution in [0.3, 0.4) is 0 Å². The van der Waals surface area contributed by atoms with Gasteiger partial charge < -0.3 is 9.88 Å². The lowest BCUT2D eigenvalue weighted by Gasteiger charge is -2.10. The van der Waals surface area contributed by atoms with Crippen LogP contribution in [0.25, 0.3) is 11.4 Å². The summed E-state index contributed by atoms with van der Waals surface area (Å²) < 4.78 is 2.02. The molecule has 1 aromatic heterocycles. The maximum absolute atomic E-state index is 4.32.